The lowest BCUT2D eigenvalue weighted by atomic mass is 10.1. The molecule has 1 fully saturated rings. The van der Waals surface area contributed by atoms with Crippen LogP contribution in [-0.4, -0.2) is 28.8 Å². The summed E-state index contributed by atoms with van der Waals surface area (Å²) in [6, 6.07) is 12.5. The second-order valence-electron chi connectivity index (χ2n) is 6.54. The van der Waals surface area contributed by atoms with Gasteiger partial charge in [0.2, 0.25) is 5.91 Å². The van der Waals surface area contributed by atoms with Crippen LogP contribution in [0.2, 0.25) is 10.0 Å². The first-order valence-corrected chi connectivity index (χ1v) is 9.55. The maximum absolute atomic E-state index is 12.7. The monoisotopic (exact) mass is 419 g/mol. The van der Waals surface area contributed by atoms with Crippen molar-refractivity contribution in [3.8, 4) is 0 Å². The molecule has 6 nitrogen and oxygen atoms in total. The van der Waals surface area contributed by atoms with Gasteiger partial charge in [0.25, 0.3) is 5.91 Å². The summed E-state index contributed by atoms with van der Waals surface area (Å²) < 4.78 is 0. The topological polar surface area (TPSA) is 78.5 Å². The fourth-order valence-corrected chi connectivity index (χ4v) is 3.64. The third-order valence-corrected chi connectivity index (χ3v) is 4.96. The minimum absolute atomic E-state index is 0.0639. The summed E-state index contributed by atoms with van der Waals surface area (Å²) in [4.78, 5) is 38.3. The van der Waals surface area contributed by atoms with E-state index in [0.717, 1.165) is 5.56 Å². The van der Waals surface area contributed by atoms with Crippen molar-refractivity contribution in [2.45, 2.75) is 31.8 Å². The molecule has 0 bridgehead atoms. The number of rotatable bonds is 6. The predicted molar refractivity (Wildman–Crippen MR) is 108 cm³/mol. The van der Waals surface area contributed by atoms with Crippen LogP contribution in [0.4, 0.5) is 10.5 Å². The number of hydrogen-bond donors (Lipinski definition) is 2. The SMILES string of the molecule is CC(c1ccccc1)N1C(=O)NC(CCC(=O)Nc2cc(Cl)cc(Cl)c2)C1=O. The minimum atomic E-state index is -0.729. The van der Waals surface area contributed by atoms with E-state index in [1.165, 1.54) is 4.90 Å². The first-order chi connectivity index (χ1) is 13.3. The number of nitrogens with zero attached hydrogens (tertiary/aromatic N) is 1. The van der Waals surface area contributed by atoms with Crippen LogP contribution in [0.5, 0.6) is 0 Å². The van der Waals surface area contributed by atoms with Crippen LogP contribution in [0.1, 0.15) is 31.4 Å². The summed E-state index contributed by atoms with van der Waals surface area (Å²) in [6.45, 7) is 1.80. The third-order valence-electron chi connectivity index (χ3n) is 4.53. The van der Waals surface area contributed by atoms with Crippen LogP contribution in [0.3, 0.4) is 0 Å². The second kappa shape index (κ2) is 8.63. The molecule has 1 saturated heterocycles. The number of carbonyl (C=O) groups excluding carboxylic acids is 3. The molecule has 2 unspecified atom stereocenters. The summed E-state index contributed by atoms with van der Waals surface area (Å²) in [5, 5.41) is 6.16. The van der Waals surface area contributed by atoms with Gasteiger partial charge in [0.1, 0.15) is 6.04 Å². The highest BCUT2D eigenvalue weighted by atomic mass is 35.5. The molecule has 28 heavy (non-hydrogen) atoms. The highest BCUT2D eigenvalue weighted by Crippen LogP contribution is 2.26. The molecular weight excluding hydrogens is 401 g/mol. The van der Waals surface area contributed by atoms with Gasteiger partial charge in [0.05, 0.1) is 6.04 Å². The fraction of sp³-hybridized carbons (Fsp3) is 0.250. The lowest BCUT2D eigenvalue weighted by Crippen LogP contribution is -2.34. The van der Waals surface area contributed by atoms with E-state index in [-0.39, 0.29) is 30.7 Å². The normalized spacial score (nSPS) is 17.4. The van der Waals surface area contributed by atoms with E-state index in [4.69, 9.17) is 23.2 Å². The molecule has 2 N–H and O–H groups in total. The van der Waals surface area contributed by atoms with Gasteiger partial charge >= 0.3 is 6.03 Å². The van der Waals surface area contributed by atoms with E-state index in [1.807, 2.05) is 30.3 Å². The van der Waals surface area contributed by atoms with Crippen molar-refractivity contribution in [1.29, 1.82) is 0 Å². The number of imide groups is 1. The Labute approximate surface area is 172 Å². The van der Waals surface area contributed by atoms with E-state index < -0.39 is 12.1 Å². The third kappa shape index (κ3) is 4.64. The molecule has 0 radical (unpaired) electrons. The molecule has 0 aliphatic carbocycles. The second-order valence-corrected chi connectivity index (χ2v) is 7.41. The van der Waals surface area contributed by atoms with Gasteiger partial charge in [-0.3, -0.25) is 14.5 Å². The van der Waals surface area contributed by atoms with E-state index in [9.17, 15) is 14.4 Å². The van der Waals surface area contributed by atoms with Crippen LogP contribution in [0.15, 0.2) is 48.5 Å². The van der Waals surface area contributed by atoms with Gasteiger partial charge < -0.3 is 10.6 Å². The molecule has 146 valence electrons. The number of amides is 4. The quantitative estimate of drug-likeness (QED) is 0.681. The number of nitrogens with one attached hydrogen (secondary N) is 2. The van der Waals surface area contributed by atoms with Crippen LogP contribution in [0.25, 0.3) is 0 Å². The molecule has 2 atom stereocenters. The zero-order chi connectivity index (χ0) is 20.3. The van der Waals surface area contributed by atoms with Crippen LogP contribution >= 0.6 is 23.2 Å². The average molecular weight is 420 g/mol. The van der Waals surface area contributed by atoms with E-state index in [2.05, 4.69) is 10.6 Å². The Morgan fingerprint density at radius 1 is 1.14 bits per heavy atom. The van der Waals surface area contributed by atoms with Crippen molar-refractivity contribution in [1.82, 2.24) is 10.2 Å². The number of hydrogen-bond acceptors (Lipinski definition) is 3. The van der Waals surface area contributed by atoms with Gasteiger partial charge in [-0.25, -0.2) is 4.79 Å². The lowest BCUT2D eigenvalue weighted by Gasteiger charge is -2.21. The molecule has 0 spiro atoms. The molecule has 1 heterocycles. The number of urea groups is 1. The Kier molecular flexibility index (Phi) is 6.21. The summed E-state index contributed by atoms with van der Waals surface area (Å²) >= 11 is 11.8. The highest BCUT2D eigenvalue weighted by Gasteiger charge is 2.40. The molecule has 0 saturated carbocycles. The average Bonchev–Trinajstić information content (AvgIpc) is 2.93. The molecule has 4 amide bonds. The molecule has 0 aromatic heterocycles. The lowest BCUT2D eigenvalue weighted by molar-refractivity contribution is -0.129. The smallest absolute Gasteiger partial charge is 0.325 e. The van der Waals surface area contributed by atoms with Crippen LogP contribution < -0.4 is 10.6 Å². The maximum atomic E-state index is 12.7. The molecular formula is C20H19Cl2N3O3. The van der Waals surface area contributed by atoms with Crippen molar-refractivity contribution in [3.05, 3.63) is 64.1 Å². The Morgan fingerprint density at radius 2 is 1.79 bits per heavy atom. The maximum Gasteiger partial charge on any atom is 0.325 e. The zero-order valence-electron chi connectivity index (χ0n) is 15.1. The number of halogens is 2. The standard InChI is InChI=1S/C20H19Cl2N3O3/c1-12(13-5-3-2-4-6-13)25-19(27)17(24-20(25)28)7-8-18(26)23-16-10-14(21)9-15(22)11-16/h2-6,9-12,17H,7-8H2,1H3,(H,23,26)(H,24,28). The van der Waals surface area contributed by atoms with Gasteiger partial charge in [-0.05, 0) is 37.1 Å². The number of carbonyl (C=O) groups is 3. The Bertz CT molecular complexity index is 885. The van der Waals surface area contributed by atoms with Crippen molar-refractivity contribution in [3.63, 3.8) is 0 Å². The van der Waals surface area contributed by atoms with Crippen molar-refractivity contribution < 1.29 is 14.4 Å². The first kappa shape index (κ1) is 20.2. The van der Waals surface area contributed by atoms with E-state index in [1.54, 1.807) is 25.1 Å². The van der Waals surface area contributed by atoms with Crippen LogP contribution in [-0.2, 0) is 9.59 Å². The summed E-state index contributed by atoms with van der Waals surface area (Å²) in [5.74, 6) is -0.630. The largest absolute Gasteiger partial charge is 0.326 e. The van der Waals surface area contributed by atoms with E-state index in [0.29, 0.717) is 15.7 Å². The predicted octanol–water partition coefficient (Wildman–Crippen LogP) is 4.39. The Hall–Kier alpha value is -2.57. The van der Waals surface area contributed by atoms with Gasteiger partial charge in [-0.1, -0.05) is 53.5 Å². The number of anilines is 1. The van der Waals surface area contributed by atoms with Gasteiger partial charge in [-0.15, -0.1) is 0 Å². The van der Waals surface area contributed by atoms with E-state index >= 15 is 0 Å². The number of benzene rings is 2. The molecule has 2 aromatic carbocycles. The van der Waals surface area contributed by atoms with Gasteiger partial charge in [-0.2, -0.15) is 0 Å². The summed E-state index contributed by atoms with van der Waals surface area (Å²) in [5.41, 5.74) is 1.34. The van der Waals surface area contributed by atoms with Crippen molar-refractivity contribution in [2.75, 3.05) is 5.32 Å². The highest BCUT2D eigenvalue weighted by molar-refractivity contribution is 6.35. The molecule has 1 aliphatic rings. The molecule has 2 aromatic rings. The summed E-state index contributed by atoms with van der Waals surface area (Å²) in [6.07, 6.45) is 0.261. The van der Waals surface area contributed by atoms with Crippen molar-refractivity contribution in [2.24, 2.45) is 0 Å². The van der Waals surface area contributed by atoms with Crippen molar-refractivity contribution >= 4 is 46.7 Å². The molecule has 8 heteroatoms. The van der Waals surface area contributed by atoms with Crippen LogP contribution in [0, 0.1) is 0 Å². The Morgan fingerprint density at radius 3 is 2.43 bits per heavy atom. The zero-order valence-corrected chi connectivity index (χ0v) is 16.6. The Balaban J connectivity index is 1.58. The minimum Gasteiger partial charge on any atom is -0.326 e. The molecule has 3 rings (SSSR count). The summed E-state index contributed by atoms with van der Waals surface area (Å²) in [7, 11) is 0. The van der Waals surface area contributed by atoms with Gasteiger partial charge in [0, 0.05) is 22.2 Å². The van der Waals surface area contributed by atoms with Gasteiger partial charge in [0.15, 0.2) is 0 Å². The first-order valence-electron chi connectivity index (χ1n) is 8.79. The fourth-order valence-electron chi connectivity index (χ4n) is 3.12. The molecule has 1 aliphatic heterocycles.